The van der Waals surface area contributed by atoms with Gasteiger partial charge in [-0.3, -0.25) is 19.1 Å². The first-order chi connectivity index (χ1) is 25.3. The Balaban J connectivity index is 0.00000290. The molecule has 4 aliphatic rings. The second kappa shape index (κ2) is 14.7. The van der Waals surface area contributed by atoms with Gasteiger partial charge in [0, 0.05) is 35.2 Å². The number of nitrogens with one attached hydrogen (secondary N) is 4. The molecule has 1 aromatic heterocycles. The molecular formula is C39H62N6O8S. The van der Waals surface area contributed by atoms with Gasteiger partial charge in [0.05, 0.1) is 18.4 Å². The van der Waals surface area contributed by atoms with E-state index in [1.807, 2.05) is 58.0 Å². The summed E-state index contributed by atoms with van der Waals surface area (Å²) in [5.74, 6) is -1.43. The van der Waals surface area contributed by atoms with Gasteiger partial charge in [-0.25, -0.2) is 18.2 Å². The van der Waals surface area contributed by atoms with E-state index in [0.717, 1.165) is 11.8 Å². The standard InChI is InChI=1S/C39H54N6O8S.4H2/c1-23-10-8-9-11-26-21-39(26,35(48)44-54(50,51)38(6)15-16-38)42-32(46)30-20-28(53-33-29-13-12-27(52-7)19-25(29)14-17-40-33)22-45(30)34(47)31(24(2)18-23)41-36(49)43-37(3,4)5;;;;/h9,11-14,17,19,23-24,26,28,30-31H,8,10,15-16,18,20-22H2,1-7H3,(H,42,46)(H,44,48)(H2,41,43,49);4*1H/b11-9-;;;;/t23-,24+,26+,28+,30-,31-,39+;;;;/m0..../s1. The largest absolute Gasteiger partial charge is 0.497 e. The van der Waals surface area contributed by atoms with Crippen LogP contribution in [0.15, 0.2) is 42.6 Å². The first kappa shape index (κ1) is 39.3. The molecule has 2 aliphatic heterocycles. The highest BCUT2D eigenvalue weighted by Gasteiger charge is 2.63. The Morgan fingerprint density at radius 1 is 1.11 bits per heavy atom. The number of allylic oxidation sites excluding steroid dienone is 1. The lowest BCUT2D eigenvalue weighted by atomic mass is 9.88. The van der Waals surface area contributed by atoms with Crippen LogP contribution < -0.4 is 30.1 Å². The predicted molar refractivity (Wildman–Crippen MR) is 211 cm³/mol. The Morgan fingerprint density at radius 2 is 1.85 bits per heavy atom. The Labute approximate surface area is 323 Å². The Kier molecular flexibility index (Phi) is 10.7. The zero-order valence-electron chi connectivity index (χ0n) is 32.2. The fourth-order valence-electron chi connectivity index (χ4n) is 7.62. The van der Waals surface area contributed by atoms with Crippen LogP contribution in [0.2, 0.25) is 0 Å². The average Bonchev–Trinajstić information content (AvgIpc) is 3.97. The summed E-state index contributed by atoms with van der Waals surface area (Å²) in [4.78, 5) is 62.3. The van der Waals surface area contributed by atoms with E-state index in [4.69, 9.17) is 9.47 Å². The molecule has 7 atom stereocenters. The van der Waals surface area contributed by atoms with Crippen molar-refractivity contribution in [3.05, 3.63) is 42.6 Å². The molecule has 14 nitrogen and oxygen atoms in total. The van der Waals surface area contributed by atoms with Gasteiger partial charge in [-0.15, -0.1) is 0 Å². The SMILES string of the molecule is COc1ccc2c(O[C@@H]3C[C@H]4C(=O)N[C@]5(C(=O)NS(=O)(=O)C6(C)CC6)C[C@H]5/C=C\CC[C@H](C)C[C@@H](C)[C@H](NC(=O)NC(C)(C)C)C(=O)N4C3)nccc2c1.[HH].[HH].[HH].[HH]. The topological polar surface area (TPSA) is 185 Å². The van der Waals surface area contributed by atoms with Crippen molar-refractivity contribution in [2.24, 2.45) is 17.8 Å². The molecule has 0 radical (unpaired) electrons. The lowest BCUT2D eigenvalue weighted by Gasteiger charge is -2.33. The van der Waals surface area contributed by atoms with Crippen LogP contribution in [0.4, 0.5) is 4.79 Å². The van der Waals surface area contributed by atoms with E-state index in [1.54, 1.807) is 26.3 Å². The molecule has 2 saturated carbocycles. The van der Waals surface area contributed by atoms with E-state index in [-0.39, 0.29) is 36.9 Å². The maximum absolute atomic E-state index is 14.8. The quantitative estimate of drug-likeness (QED) is 0.283. The first-order valence-corrected chi connectivity index (χ1v) is 20.4. The molecule has 0 unspecified atom stereocenters. The Morgan fingerprint density at radius 3 is 2.54 bits per heavy atom. The number of methoxy groups -OCH3 is 1. The van der Waals surface area contributed by atoms with Crippen LogP contribution >= 0.6 is 0 Å². The van der Waals surface area contributed by atoms with Crippen molar-refractivity contribution in [3.8, 4) is 11.6 Å². The van der Waals surface area contributed by atoms with Gasteiger partial charge in [0.15, 0.2) is 0 Å². The van der Waals surface area contributed by atoms with Crippen LogP contribution in [-0.2, 0) is 24.4 Å². The van der Waals surface area contributed by atoms with Crippen LogP contribution in [0, 0.1) is 17.8 Å². The molecule has 3 heterocycles. The molecule has 5 amide bonds. The molecule has 1 aromatic carbocycles. The van der Waals surface area contributed by atoms with Crippen molar-refractivity contribution in [2.45, 2.75) is 121 Å². The normalized spacial score (nSPS) is 30.4. The summed E-state index contributed by atoms with van der Waals surface area (Å²) in [6, 6.07) is 4.72. The fraction of sp³-hybridized carbons (Fsp3) is 0.615. The number of rotatable bonds is 7. The highest BCUT2D eigenvalue weighted by molar-refractivity contribution is 7.91. The summed E-state index contributed by atoms with van der Waals surface area (Å²) in [6.07, 6.45) is 8.03. The molecule has 0 spiro atoms. The van der Waals surface area contributed by atoms with Crippen molar-refractivity contribution in [1.82, 2.24) is 30.6 Å². The van der Waals surface area contributed by atoms with Crippen LogP contribution in [0.3, 0.4) is 0 Å². The maximum Gasteiger partial charge on any atom is 0.315 e. The summed E-state index contributed by atoms with van der Waals surface area (Å²) < 4.78 is 39.4. The minimum Gasteiger partial charge on any atom is -0.497 e. The third-order valence-electron chi connectivity index (χ3n) is 11.2. The smallest absolute Gasteiger partial charge is 0.315 e. The van der Waals surface area contributed by atoms with Gasteiger partial charge in [-0.05, 0) is 108 Å². The van der Waals surface area contributed by atoms with Gasteiger partial charge in [0.25, 0.3) is 5.91 Å². The van der Waals surface area contributed by atoms with Crippen molar-refractivity contribution < 1.29 is 42.8 Å². The summed E-state index contributed by atoms with van der Waals surface area (Å²) >= 11 is 0. The van der Waals surface area contributed by atoms with Gasteiger partial charge >= 0.3 is 6.03 Å². The lowest BCUT2D eigenvalue weighted by Crippen LogP contribution is -2.60. The molecule has 1 saturated heterocycles. The second-order valence-electron chi connectivity index (χ2n) is 17.0. The minimum absolute atomic E-state index is 0. The second-order valence-corrected chi connectivity index (χ2v) is 19.2. The molecular weight excluding hydrogens is 713 g/mol. The fourth-order valence-corrected chi connectivity index (χ4v) is 8.93. The number of aromatic nitrogens is 1. The number of pyridine rings is 1. The van der Waals surface area contributed by atoms with Crippen molar-refractivity contribution >= 4 is 44.5 Å². The van der Waals surface area contributed by atoms with Gasteiger partial charge in [-0.2, -0.15) is 0 Å². The number of benzene rings is 1. The summed E-state index contributed by atoms with van der Waals surface area (Å²) in [7, 11) is -2.41. The van der Waals surface area contributed by atoms with E-state index in [0.29, 0.717) is 42.7 Å². The van der Waals surface area contributed by atoms with E-state index >= 15 is 0 Å². The highest BCUT2D eigenvalue weighted by atomic mass is 32.2. The van der Waals surface area contributed by atoms with Gasteiger partial charge in [0.2, 0.25) is 27.7 Å². The number of fused-ring (bicyclic) bond motifs is 3. The molecule has 3 fully saturated rings. The van der Waals surface area contributed by atoms with Crippen molar-refractivity contribution in [3.63, 3.8) is 0 Å². The molecule has 15 heteroatoms. The van der Waals surface area contributed by atoms with E-state index in [1.165, 1.54) is 4.90 Å². The number of carbonyl (C=O) groups excluding carboxylic acids is 4. The monoisotopic (exact) mass is 774 g/mol. The van der Waals surface area contributed by atoms with E-state index in [9.17, 15) is 27.6 Å². The number of hydrogen-bond donors (Lipinski definition) is 4. The molecule has 0 bridgehead atoms. The predicted octanol–water partition coefficient (Wildman–Crippen LogP) is 4.93. The highest BCUT2D eigenvalue weighted by Crippen LogP contribution is 2.47. The Bertz CT molecular complexity index is 1960. The minimum atomic E-state index is -3.99. The Hall–Kier alpha value is -4.40. The van der Waals surface area contributed by atoms with Crippen molar-refractivity contribution in [2.75, 3.05) is 13.7 Å². The third kappa shape index (κ3) is 8.30. The number of carbonyl (C=O) groups is 4. The zero-order chi connectivity index (χ0) is 39.2. The number of nitrogens with zero attached hydrogens (tertiary/aromatic N) is 2. The van der Waals surface area contributed by atoms with E-state index in [2.05, 4.69) is 32.6 Å². The van der Waals surface area contributed by atoms with Crippen LogP contribution in [0.25, 0.3) is 10.8 Å². The molecule has 4 N–H and O–H groups in total. The molecule has 302 valence electrons. The maximum atomic E-state index is 14.8. The van der Waals surface area contributed by atoms with Gasteiger partial charge in [0.1, 0.15) is 29.5 Å². The summed E-state index contributed by atoms with van der Waals surface area (Å²) in [5.41, 5.74) is -2.08. The molecule has 2 aromatic rings. The molecule has 2 aliphatic carbocycles. The van der Waals surface area contributed by atoms with Gasteiger partial charge in [-0.1, -0.05) is 26.0 Å². The van der Waals surface area contributed by atoms with E-state index < -0.39 is 73.7 Å². The molecule has 54 heavy (non-hydrogen) atoms. The lowest BCUT2D eigenvalue weighted by molar-refractivity contribution is -0.142. The van der Waals surface area contributed by atoms with Crippen LogP contribution in [0.1, 0.15) is 92.2 Å². The van der Waals surface area contributed by atoms with Crippen LogP contribution in [0.5, 0.6) is 11.6 Å². The number of amides is 5. The number of hydrogen-bond acceptors (Lipinski definition) is 9. The van der Waals surface area contributed by atoms with Crippen LogP contribution in [-0.4, -0.2) is 89.7 Å². The number of sulfonamides is 1. The summed E-state index contributed by atoms with van der Waals surface area (Å²) in [5, 5.41) is 10.3. The molecule has 6 rings (SSSR count). The van der Waals surface area contributed by atoms with Crippen molar-refractivity contribution in [1.29, 1.82) is 0 Å². The van der Waals surface area contributed by atoms with Gasteiger partial charge < -0.3 is 30.3 Å². The average molecular weight is 775 g/mol. The first-order valence-electron chi connectivity index (χ1n) is 18.9. The number of ether oxygens (including phenoxy) is 2. The summed E-state index contributed by atoms with van der Waals surface area (Å²) in [6.45, 7) is 11.1. The third-order valence-corrected chi connectivity index (χ3v) is 13.4. The number of urea groups is 1. The zero-order valence-corrected chi connectivity index (χ0v) is 33.0.